The molecule has 0 fully saturated rings. The summed E-state index contributed by atoms with van der Waals surface area (Å²) in [6.07, 6.45) is 1.85. The number of aryl methyl sites for hydroxylation is 1. The zero-order valence-corrected chi connectivity index (χ0v) is 11.9. The Labute approximate surface area is 115 Å². The smallest absolute Gasteiger partial charge is 0.0575 e. The van der Waals surface area contributed by atoms with Crippen molar-refractivity contribution >= 4 is 5.69 Å². The van der Waals surface area contributed by atoms with Crippen LogP contribution in [0.3, 0.4) is 0 Å². The monoisotopic (exact) mass is 258 g/mol. The lowest BCUT2D eigenvalue weighted by Gasteiger charge is -2.15. The van der Waals surface area contributed by atoms with Gasteiger partial charge in [-0.2, -0.15) is 5.10 Å². The van der Waals surface area contributed by atoms with Gasteiger partial charge < -0.3 is 10.2 Å². The van der Waals surface area contributed by atoms with E-state index in [4.69, 9.17) is 0 Å². The van der Waals surface area contributed by atoms with Gasteiger partial charge in [0.05, 0.1) is 12.2 Å². The largest absolute Gasteiger partial charge is 0.379 e. The van der Waals surface area contributed by atoms with Crippen molar-refractivity contribution in [3.8, 4) is 0 Å². The van der Waals surface area contributed by atoms with E-state index < -0.39 is 0 Å². The van der Waals surface area contributed by atoms with Crippen LogP contribution in [0.2, 0.25) is 0 Å². The van der Waals surface area contributed by atoms with Crippen molar-refractivity contribution < 1.29 is 0 Å². The molecule has 1 heterocycles. The Morgan fingerprint density at radius 2 is 2.00 bits per heavy atom. The quantitative estimate of drug-likeness (QED) is 0.864. The molecule has 4 nitrogen and oxygen atoms in total. The van der Waals surface area contributed by atoms with E-state index in [0.717, 1.165) is 19.6 Å². The van der Waals surface area contributed by atoms with Gasteiger partial charge in [0.15, 0.2) is 0 Å². The molecular weight excluding hydrogens is 236 g/mol. The predicted molar refractivity (Wildman–Crippen MR) is 79.1 cm³/mol. The Morgan fingerprint density at radius 1 is 1.21 bits per heavy atom. The molecule has 0 radical (unpaired) electrons. The van der Waals surface area contributed by atoms with E-state index in [2.05, 4.69) is 66.7 Å². The second-order valence-electron chi connectivity index (χ2n) is 4.89. The molecule has 0 spiro atoms. The van der Waals surface area contributed by atoms with Crippen LogP contribution in [0, 0.1) is 0 Å². The van der Waals surface area contributed by atoms with Crippen LogP contribution in [0.4, 0.5) is 5.69 Å². The minimum Gasteiger partial charge on any atom is -0.379 e. The molecule has 102 valence electrons. The fourth-order valence-corrected chi connectivity index (χ4v) is 2.15. The van der Waals surface area contributed by atoms with Crippen LogP contribution in [0.1, 0.15) is 18.2 Å². The zero-order valence-electron chi connectivity index (χ0n) is 11.9. The summed E-state index contributed by atoms with van der Waals surface area (Å²) in [4.78, 5) is 2.18. The first-order chi connectivity index (χ1) is 9.20. The van der Waals surface area contributed by atoms with E-state index in [9.17, 15) is 0 Å². The van der Waals surface area contributed by atoms with Crippen molar-refractivity contribution in [3.05, 3.63) is 47.8 Å². The maximum Gasteiger partial charge on any atom is 0.0575 e. The summed E-state index contributed by atoms with van der Waals surface area (Å²) in [7, 11) is 4.17. The summed E-state index contributed by atoms with van der Waals surface area (Å²) in [5.74, 6) is 0. The third kappa shape index (κ3) is 3.58. The number of nitrogens with zero attached hydrogens (tertiary/aromatic N) is 3. The van der Waals surface area contributed by atoms with Crippen LogP contribution in [0.25, 0.3) is 0 Å². The lowest BCUT2D eigenvalue weighted by Crippen LogP contribution is -2.13. The van der Waals surface area contributed by atoms with E-state index in [-0.39, 0.29) is 0 Å². The number of rotatable bonds is 6. The minimum atomic E-state index is 0.804. The number of anilines is 1. The third-order valence-corrected chi connectivity index (χ3v) is 3.07. The van der Waals surface area contributed by atoms with Crippen LogP contribution in [-0.2, 0) is 19.6 Å². The van der Waals surface area contributed by atoms with E-state index in [0.29, 0.717) is 0 Å². The molecule has 0 saturated carbocycles. The first kappa shape index (κ1) is 13.6. The van der Waals surface area contributed by atoms with Crippen LogP contribution < -0.4 is 5.32 Å². The zero-order chi connectivity index (χ0) is 13.7. The number of hydrogen-bond donors (Lipinski definition) is 1. The van der Waals surface area contributed by atoms with Crippen molar-refractivity contribution in [3.63, 3.8) is 0 Å². The molecule has 1 aromatic carbocycles. The molecule has 1 N–H and O–H groups in total. The van der Waals surface area contributed by atoms with Crippen molar-refractivity contribution in [2.45, 2.75) is 26.6 Å². The molecule has 0 aliphatic heterocycles. The number of hydrogen-bond acceptors (Lipinski definition) is 3. The van der Waals surface area contributed by atoms with E-state index in [1.54, 1.807) is 0 Å². The van der Waals surface area contributed by atoms with Crippen LogP contribution in [-0.4, -0.2) is 28.8 Å². The molecule has 0 atom stereocenters. The highest BCUT2D eigenvalue weighted by Gasteiger charge is 2.04. The highest BCUT2D eigenvalue weighted by atomic mass is 15.3. The maximum atomic E-state index is 4.29. The summed E-state index contributed by atoms with van der Waals surface area (Å²) in [5, 5.41) is 7.79. The number of aromatic nitrogens is 2. The summed E-state index contributed by atoms with van der Waals surface area (Å²) >= 11 is 0. The van der Waals surface area contributed by atoms with Gasteiger partial charge in [0, 0.05) is 25.0 Å². The fourth-order valence-electron chi connectivity index (χ4n) is 2.15. The van der Waals surface area contributed by atoms with Gasteiger partial charge >= 0.3 is 0 Å². The molecule has 4 heteroatoms. The Balaban J connectivity index is 2.07. The second-order valence-corrected chi connectivity index (χ2v) is 4.89. The third-order valence-electron chi connectivity index (χ3n) is 3.07. The van der Waals surface area contributed by atoms with Gasteiger partial charge in [-0.1, -0.05) is 18.2 Å². The summed E-state index contributed by atoms with van der Waals surface area (Å²) in [6, 6.07) is 10.5. The SMILES string of the molecule is CCn1nccc1CNc1ccccc1CN(C)C. The Morgan fingerprint density at radius 3 is 2.74 bits per heavy atom. The van der Waals surface area contributed by atoms with E-state index >= 15 is 0 Å². The average Bonchev–Trinajstić information content (AvgIpc) is 2.84. The molecule has 2 aromatic rings. The highest BCUT2D eigenvalue weighted by molar-refractivity contribution is 5.51. The number of benzene rings is 1. The molecule has 19 heavy (non-hydrogen) atoms. The van der Waals surface area contributed by atoms with E-state index in [1.165, 1.54) is 16.9 Å². The molecule has 0 amide bonds. The molecule has 0 unspecified atom stereocenters. The standard InChI is InChI=1S/C15H22N4/c1-4-19-14(9-10-17-19)11-16-15-8-6-5-7-13(15)12-18(2)3/h5-10,16H,4,11-12H2,1-3H3. The normalized spacial score (nSPS) is 10.9. The number of para-hydroxylation sites is 1. The van der Waals surface area contributed by atoms with Crippen LogP contribution in [0.15, 0.2) is 36.5 Å². The lowest BCUT2D eigenvalue weighted by molar-refractivity contribution is 0.403. The second kappa shape index (κ2) is 6.38. The molecule has 0 bridgehead atoms. The van der Waals surface area contributed by atoms with Crippen molar-refractivity contribution in [2.75, 3.05) is 19.4 Å². The molecular formula is C15H22N4. The molecule has 0 saturated heterocycles. The number of nitrogens with one attached hydrogen (secondary N) is 1. The fraction of sp³-hybridized carbons (Fsp3) is 0.400. The van der Waals surface area contributed by atoms with Gasteiger partial charge in [-0.05, 0) is 38.7 Å². The Hall–Kier alpha value is -1.81. The average molecular weight is 258 g/mol. The highest BCUT2D eigenvalue weighted by Crippen LogP contribution is 2.17. The van der Waals surface area contributed by atoms with Gasteiger partial charge in [-0.15, -0.1) is 0 Å². The molecule has 0 aliphatic carbocycles. The molecule has 0 aliphatic rings. The van der Waals surface area contributed by atoms with Gasteiger partial charge in [0.1, 0.15) is 0 Å². The predicted octanol–water partition coefficient (Wildman–Crippen LogP) is 2.58. The lowest BCUT2D eigenvalue weighted by atomic mass is 10.1. The van der Waals surface area contributed by atoms with Crippen LogP contribution in [0.5, 0.6) is 0 Å². The minimum absolute atomic E-state index is 0.804. The molecule has 1 aromatic heterocycles. The molecule has 2 rings (SSSR count). The Kier molecular flexibility index (Phi) is 4.58. The van der Waals surface area contributed by atoms with Gasteiger partial charge in [0.25, 0.3) is 0 Å². The van der Waals surface area contributed by atoms with Crippen molar-refractivity contribution in [1.82, 2.24) is 14.7 Å². The van der Waals surface area contributed by atoms with Gasteiger partial charge in [-0.25, -0.2) is 0 Å². The van der Waals surface area contributed by atoms with Gasteiger partial charge in [0.2, 0.25) is 0 Å². The summed E-state index contributed by atoms with van der Waals surface area (Å²) < 4.78 is 2.02. The summed E-state index contributed by atoms with van der Waals surface area (Å²) in [6.45, 7) is 4.76. The topological polar surface area (TPSA) is 33.1 Å². The summed E-state index contributed by atoms with van der Waals surface area (Å²) in [5.41, 5.74) is 3.72. The Bertz CT molecular complexity index is 516. The first-order valence-electron chi connectivity index (χ1n) is 6.68. The first-order valence-corrected chi connectivity index (χ1v) is 6.68. The van der Waals surface area contributed by atoms with Crippen LogP contribution >= 0.6 is 0 Å². The van der Waals surface area contributed by atoms with E-state index in [1.807, 2.05) is 10.9 Å². The maximum absolute atomic E-state index is 4.29. The van der Waals surface area contributed by atoms with Gasteiger partial charge in [-0.3, -0.25) is 4.68 Å². The van der Waals surface area contributed by atoms with Crippen molar-refractivity contribution in [1.29, 1.82) is 0 Å². The van der Waals surface area contributed by atoms with Crippen molar-refractivity contribution in [2.24, 2.45) is 0 Å².